The van der Waals surface area contributed by atoms with E-state index in [4.69, 9.17) is 15.0 Å². The summed E-state index contributed by atoms with van der Waals surface area (Å²) in [5.41, 5.74) is 11.2. The van der Waals surface area contributed by atoms with Gasteiger partial charge in [0.15, 0.2) is 17.5 Å². The number of rotatable bonds is 6. The normalized spacial score (nSPS) is 11.8. The maximum atomic E-state index is 5.13. The highest BCUT2D eigenvalue weighted by Gasteiger charge is 2.20. The predicted molar refractivity (Wildman–Crippen MR) is 267 cm³/mol. The van der Waals surface area contributed by atoms with Crippen molar-refractivity contribution >= 4 is 84.8 Å². The highest BCUT2D eigenvalue weighted by atomic mass is 32.1. The molecule has 13 rings (SSSR count). The molecule has 0 aliphatic rings. The van der Waals surface area contributed by atoms with Crippen molar-refractivity contribution in [3.63, 3.8) is 0 Å². The molecule has 9 aromatic carbocycles. The van der Waals surface area contributed by atoms with Crippen LogP contribution in [0.4, 0.5) is 0 Å². The van der Waals surface area contributed by atoms with E-state index in [1.165, 1.54) is 79.7 Å². The minimum absolute atomic E-state index is 0.657. The van der Waals surface area contributed by atoms with Gasteiger partial charge in [-0.3, -0.25) is 0 Å². The van der Waals surface area contributed by atoms with Gasteiger partial charge in [-0.25, -0.2) is 15.0 Å². The summed E-state index contributed by atoms with van der Waals surface area (Å²) in [5.74, 6) is 1.98. The van der Waals surface area contributed by atoms with Crippen LogP contribution in [0, 0.1) is 0 Å². The minimum atomic E-state index is 0.657. The zero-order chi connectivity index (χ0) is 41.4. The van der Waals surface area contributed by atoms with Crippen LogP contribution in [0.25, 0.3) is 124 Å². The van der Waals surface area contributed by atoms with Crippen molar-refractivity contribution < 1.29 is 0 Å². The van der Waals surface area contributed by atoms with Gasteiger partial charge >= 0.3 is 0 Å². The molecule has 0 amide bonds. The fourth-order valence-corrected chi connectivity index (χ4v) is 11.7. The Morgan fingerprint density at radius 3 is 1.51 bits per heavy atom. The van der Waals surface area contributed by atoms with E-state index in [2.05, 4.69) is 174 Å². The van der Waals surface area contributed by atoms with Gasteiger partial charge < -0.3 is 4.57 Å². The first-order chi connectivity index (χ1) is 31.2. The van der Waals surface area contributed by atoms with Crippen LogP contribution in [0.5, 0.6) is 0 Å². The molecule has 0 aliphatic heterocycles. The van der Waals surface area contributed by atoms with Crippen molar-refractivity contribution in [3.05, 3.63) is 206 Å². The average molecular weight is 839 g/mol. The van der Waals surface area contributed by atoms with Crippen molar-refractivity contribution in [1.29, 1.82) is 0 Å². The largest absolute Gasteiger partial charge is 0.309 e. The second kappa shape index (κ2) is 14.4. The molecule has 4 heterocycles. The van der Waals surface area contributed by atoms with Crippen LogP contribution in [-0.4, -0.2) is 19.5 Å². The first kappa shape index (κ1) is 35.9. The molecule has 63 heavy (non-hydrogen) atoms. The van der Waals surface area contributed by atoms with Crippen molar-refractivity contribution in [1.82, 2.24) is 19.5 Å². The first-order valence-corrected chi connectivity index (χ1v) is 22.7. The summed E-state index contributed by atoms with van der Waals surface area (Å²) in [6.07, 6.45) is 0. The van der Waals surface area contributed by atoms with Gasteiger partial charge in [0.1, 0.15) is 0 Å². The summed E-state index contributed by atoms with van der Waals surface area (Å²) >= 11 is 3.67. The van der Waals surface area contributed by atoms with Crippen LogP contribution >= 0.6 is 22.7 Å². The fourth-order valence-electron chi connectivity index (χ4n) is 9.28. The molecule has 0 saturated carbocycles. The molecule has 4 aromatic heterocycles. The summed E-state index contributed by atoms with van der Waals surface area (Å²) < 4.78 is 7.46. The van der Waals surface area contributed by atoms with Gasteiger partial charge in [-0.2, -0.15) is 0 Å². The summed E-state index contributed by atoms with van der Waals surface area (Å²) in [6, 6.07) is 73.9. The number of hydrogen-bond donors (Lipinski definition) is 0. The Labute approximate surface area is 370 Å². The molecule has 4 nitrogen and oxygen atoms in total. The topological polar surface area (TPSA) is 43.6 Å². The Bertz CT molecular complexity index is 3850. The van der Waals surface area contributed by atoms with Crippen LogP contribution in [0.3, 0.4) is 0 Å². The second-order valence-corrected chi connectivity index (χ2v) is 18.1. The molecule has 0 saturated heterocycles. The van der Waals surface area contributed by atoms with Crippen LogP contribution in [-0.2, 0) is 0 Å². The maximum Gasteiger partial charge on any atom is 0.165 e. The summed E-state index contributed by atoms with van der Waals surface area (Å²) in [7, 11) is 0. The van der Waals surface area contributed by atoms with Crippen molar-refractivity contribution in [2.75, 3.05) is 0 Å². The molecule has 0 aliphatic carbocycles. The summed E-state index contributed by atoms with van der Waals surface area (Å²) in [5, 5.41) is 7.46. The van der Waals surface area contributed by atoms with Crippen molar-refractivity contribution in [3.8, 4) is 62.1 Å². The molecule has 294 valence electrons. The Hall–Kier alpha value is -7.77. The van der Waals surface area contributed by atoms with E-state index in [1.54, 1.807) is 0 Å². The predicted octanol–water partition coefficient (Wildman–Crippen LogP) is 16.0. The number of aromatic nitrogens is 4. The fraction of sp³-hybridized carbons (Fsp3) is 0. The molecular formula is C57H34N4S2. The average Bonchev–Trinajstić information content (AvgIpc) is 4.03. The lowest BCUT2D eigenvalue weighted by Crippen LogP contribution is -2.00. The van der Waals surface area contributed by atoms with E-state index in [1.807, 2.05) is 59.1 Å². The molecule has 13 aromatic rings. The third-order valence-corrected chi connectivity index (χ3v) is 14.7. The smallest absolute Gasteiger partial charge is 0.165 e. The van der Waals surface area contributed by atoms with Crippen LogP contribution in [0.15, 0.2) is 206 Å². The van der Waals surface area contributed by atoms with Gasteiger partial charge in [-0.1, -0.05) is 152 Å². The monoisotopic (exact) mass is 838 g/mol. The van der Waals surface area contributed by atoms with Gasteiger partial charge in [0.2, 0.25) is 0 Å². The van der Waals surface area contributed by atoms with Gasteiger partial charge in [0.25, 0.3) is 0 Å². The lowest BCUT2D eigenvalue weighted by Gasteiger charge is -2.10. The second-order valence-electron chi connectivity index (χ2n) is 15.9. The third-order valence-electron chi connectivity index (χ3n) is 12.3. The number of nitrogens with zero attached hydrogens (tertiary/aromatic N) is 4. The Morgan fingerprint density at radius 2 is 0.825 bits per heavy atom. The van der Waals surface area contributed by atoms with E-state index >= 15 is 0 Å². The molecule has 0 spiro atoms. The van der Waals surface area contributed by atoms with Gasteiger partial charge in [0.05, 0.1) is 11.0 Å². The van der Waals surface area contributed by atoms with E-state index in [-0.39, 0.29) is 0 Å². The van der Waals surface area contributed by atoms with Crippen molar-refractivity contribution in [2.24, 2.45) is 0 Å². The number of hydrogen-bond acceptors (Lipinski definition) is 5. The summed E-state index contributed by atoms with van der Waals surface area (Å²) in [4.78, 5) is 15.2. The molecule has 0 radical (unpaired) electrons. The van der Waals surface area contributed by atoms with Crippen molar-refractivity contribution in [2.45, 2.75) is 0 Å². The molecule has 0 atom stereocenters. The minimum Gasteiger partial charge on any atom is -0.309 e. The maximum absolute atomic E-state index is 5.13. The lowest BCUT2D eigenvalue weighted by atomic mass is 9.99. The molecule has 0 unspecified atom stereocenters. The zero-order valence-corrected chi connectivity index (χ0v) is 35.4. The first-order valence-electron chi connectivity index (χ1n) is 21.1. The van der Waals surface area contributed by atoms with Crippen LogP contribution in [0.1, 0.15) is 0 Å². The Balaban J connectivity index is 1.01. The van der Waals surface area contributed by atoms with E-state index in [0.29, 0.717) is 17.5 Å². The van der Waals surface area contributed by atoms with Gasteiger partial charge in [0, 0.05) is 73.5 Å². The molecular weight excluding hydrogens is 805 g/mol. The van der Waals surface area contributed by atoms with E-state index in [0.717, 1.165) is 27.1 Å². The molecule has 0 N–H and O–H groups in total. The third kappa shape index (κ3) is 5.91. The standard InChI is InChI=1S/C57H34N4S2/c1-4-14-35(15-5-1)38-26-29-49-46(32-38)47-33-39(27-30-50(47)61(49)40-28-31-52-48(34-40)42-20-10-11-25-51(42)62-52)41-21-12-22-43-44-23-13-24-45(54(44)63-53(41)43)57-59-55(36-16-6-2-7-17-36)58-56(60-57)37-18-8-3-9-19-37/h1-34H. The number of fused-ring (bicyclic) bond motifs is 9. The Morgan fingerprint density at radius 1 is 0.302 bits per heavy atom. The zero-order valence-electron chi connectivity index (χ0n) is 33.7. The Kier molecular flexibility index (Phi) is 8.22. The summed E-state index contributed by atoms with van der Waals surface area (Å²) in [6.45, 7) is 0. The number of thiophene rings is 2. The quantitative estimate of drug-likeness (QED) is 0.168. The highest BCUT2D eigenvalue weighted by molar-refractivity contribution is 7.27. The van der Waals surface area contributed by atoms with Crippen LogP contribution < -0.4 is 0 Å². The molecule has 0 fully saturated rings. The van der Waals surface area contributed by atoms with E-state index in [9.17, 15) is 0 Å². The van der Waals surface area contributed by atoms with E-state index < -0.39 is 0 Å². The van der Waals surface area contributed by atoms with Gasteiger partial charge in [-0.15, -0.1) is 22.7 Å². The number of benzene rings is 9. The van der Waals surface area contributed by atoms with Gasteiger partial charge in [-0.05, 0) is 76.9 Å². The lowest BCUT2D eigenvalue weighted by molar-refractivity contribution is 1.08. The highest BCUT2D eigenvalue weighted by Crippen LogP contribution is 2.45. The molecule has 0 bridgehead atoms. The SMILES string of the molecule is c1ccc(-c2ccc3c(c2)c2cc(-c4cccc5c4sc4c(-c6nc(-c7ccccc7)nc(-c7ccccc7)n6)cccc45)ccc2n3-c2ccc3sc4ccccc4c3c2)cc1. The van der Waals surface area contributed by atoms with Crippen LogP contribution in [0.2, 0.25) is 0 Å². The molecule has 6 heteroatoms.